The van der Waals surface area contributed by atoms with Crippen LogP contribution in [0.15, 0.2) is 30.3 Å². The van der Waals surface area contributed by atoms with E-state index in [-0.39, 0.29) is 5.75 Å². The zero-order chi connectivity index (χ0) is 9.03. The predicted molar refractivity (Wildman–Crippen MR) is 46.7 cm³/mol. The lowest BCUT2D eigenvalue weighted by Crippen LogP contribution is -1.94. The van der Waals surface area contributed by atoms with Crippen LogP contribution in [-0.4, -0.2) is 8.42 Å². The SMILES string of the molecule is O=PS(=O)(=O)Cc1ccccc1. The van der Waals surface area contributed by atoms with Crippen molar-refractivity contribution in [1.82, 2.24) is 0 Å². The fourth-order valence-corrected chi connectivity index (χ4v) is 2.08. The minimum atomic E-state index is -3.46. The largest absolute Gasteiger partial charge is 0.290 e. The molecule has 0 spiro atoms. The van der Waals surface area contributed by atoms with Gasteiger partial charge in [0.15, 0.2) is 0 Å². The predicted octanol–water partition coefficient (Wildman–Crippen LogP) is 1.81. The van der Waals surface area contributed by atoms with E-state index in [1.807, 2.05) is 0 Å². The minimum Gasteiger partial charge on any atom is -0.257 e. The highest BCUT2D eigenvalue weighted by atomic mass is 32.7. The van der Waals surface area contributed by atoms with Gasteiger partial charge in [0.25, 0.3) is 7.66 Å². The molecule has 0 fully saturated rings. The van der Waals surface area contributed by atoms with Crippen LogP contribution < -0.4 is 0 Å². The van der Waals surface area contributed by atoms with Gasteiger partial charge in [0.05, 0.1) is 5.75 Å². The molecular weight excluding hydrogens is 195 g/mol. The molecule has 0 radical (unpaired) electrons. The summed E-state index contributed by atoms with van der Waals surface area (Å²) in [6, 6.07) is 8.65. The molecule has 0 amide bonds. The van der Waals surface area contributed by atoms with E-state index in [2.05, 4.69) is 0 Å². The van der Waals surface area contributed by atoms with Gasteiger partial charge in [-0.1, -0.05) is 30.3 Å². The van der Waals surface area contributed by atoms with Gasteiger partial charge in [-0.2, -0.15) is 0 Å². The van der Waals surface area contributed by atoms with Crippen molar-refractivity contribution >= 4 is 17.1 Å². The van der Waals surface area contributed by atoms with E-state index in [9.17, 15) is 13.0 Å². The molecule has 5 heteroatoms. The smallest absolute Gasteiger partial charge is 0.257 e. The summed E-state index contributed by atoms with van der Waals surface area (Å²) in [6.45, 7) is 0. The zero-order valence-electron chi connectivity index (χ0n) is 6.17. The van der Waals surface area contributed by atoms with Crippen molar-refractivity contribution in [2.75, 3.05) is 0 Å². The molecule has 12 heavy (non-hydrogen) atoms. The summed E-state index contributed by atoms with van der Waals surface area (Å²) in [5.74, 6) is -0.168. The lowest BCUT2D eigenvalue weighted by Gasteiger charge is -1.94. The van der Waals surface area contributed by atoms with Gasteiger partial charge in [0.2, 0.25) is 9.46 Å². The number of rotatable bonds is 3. The molecule has 0 saturated heterocycles. The Morgan fingerprint density at radius 3 is 2.25 bits per heavy atom. The van der Waals surface area contributed by atoms with Crippen LogP contribution in [0.4, 0.5) is 0 Å². The molecule has 1 rings (SSSR count). The lowest BCUT2D eigenvalue weighted by molar-refractivity contribution is 0.588. The first-order chi connectivity index (χ1) is 5.64. The van der Waals surface area contributed by atoms with E-state index < -0.39 is 17.1 Å². The summed E-state index contributed by atoms with van der Waals surface area (Å²) in [7, 11) is -4.27. The molecule has 0 bridgehead atoms. The number of benzene rings is 1. The summed E-state index contributed by atoms with van der Waals surface area (Å²) in [6.07, 6.45) is 0. The summed E-state index contributed by atoms with van der Waals surface area (Å²) < 4.78 is 31.8. The molecule has 0 saturated carbocycles. The van der Waals surface area contributed by atoms with Crippen LogP contribution in [0.3, 0.4) is 0 Å². The van der Waals surface area contributed by atoms with Gasteiger partial charge in [-0.25, -0.2) is 8.42 Å². The number of hydrogen-bond donors (Lipinski definition) is 0. The fourth-order valence-electron chi connectivity index (χ4n) is 0.811. The van der Waals surface area contributed by atoms with Crippen molar-refractivity contribution in [3.05, 3.63) is 35.9 Å². The highest BCUT2D eigenvalue weighted by Gasteiger charge is 2.10. The molecule has 0 unspecified atom stereocenters. The topological polar surface area (TPSA) is 51.2 Å². The second-order valence-corrected chi connectivity index (χ2v) is 6.00. The Labute approximate surface area is 72.3 Å². The van der Waals surface area contributed by atoms with Gasteiger partial charge < -0.3 is 0 Å². The average Bonchev–Trinajstić information content (AvgIpc) is 2.06. The first kappa shape index (κ1) is 9.36. The van der Waals surface area contributed by atoms with Gasteiger partial charge in [0, 0.05) is 0 Å². The Morgan fingerprint density at radius 1 is 1.17 bits per heavy atom. The summed E-state index contributed by atoms with van der Waals surface area (Å²) in [5, 5.41) is 0. The molecule has 0 aliphatic heterocycles. The quantitative estimate of drug-likeness (QED) is 0.702. The van der Waals surface area contributed by atoms with Gasteiger partial charge in [0.1, 0.15) is 0 Å². The minimum absolute atomic E-state index is 0.168. The van der Waals surface area contributed by atoms with Crippen molar-refractivity contribution < 1.29 is 13.0 Å². The molecule has 1 aromatic rings. The van der Waals surface area contributed by atoms with Crippen LogP contribution in [0, 0.1) is 0 Å². The Balaban J connectivity index is 2.85. The highest BCUT2D eigenvalue weighted by molar-refractivity contribution is 8.39. The molecule has 0 N–H and O–H groups in total. The maximum atomic E-state index is 10.8. The third kappa shape index (κ3) is 2.72. The first-order valence-corrected chi connectivity index (χ1v) is 6.32. The third-order valence-corrected chi connectivity index (χ3v) is 3.30. The third-order valence-electron chi connectivity index (χ3n) is 1.31. The van der Waals surface area contributed by atoms with Crippen LogP contribution in [0.1, 0.15) is 5.56 Å². The normalized spacial score (nSPS) is 11.7. The van der Waals surface area contributed by atoms with Crippen molar-refractivity contribution in [1.29, 1.82) is 0 Å². The maximum absolute atomic E-state index is 10.8. The monoisotopic (exact) mass is 202 g/mol. The second kappa shape index (κ2) is 3.78. The summed E-state index contributed by atoms with van der Waals surface area (Å²) in [5.41, 5.74) is 0.654. The Morgan fingerprint density at radius 2 is 1.75 bits per heavy atom. The first-order valence-electron chi connectivity index (χ1n) is 3.25. The number of hydrogen-bond acceptors (Lipinski definition) is 3. The van der Waals surface area contributed by atoms with Crippen LogP contribution in [0.2, 0.25) is 0 Å². The van der Waals surface area contributed by atoms with Crippen LogP contribution >= 0.6 is 7.66 Å². The van der Waals surface area contributed by atoms with E-state index in [1.165, 1.54) is 0 Å². The molecule has 0 aromatic heterocycles. The molecule has 1 aromatic carbocycles. The molecule has 64 valence electrons. The van der Waals surface area contributed by atoms with E-state index >= 15 is 0 Å². The van der Waals surface area contributed by atoms with E-state index in [1.54, 1.807) is 30.3 Å². The molecule has 0 atom stereocenters. The standard InChI is InChI=1S/C7H7O3PS/c8-11-12(9,10)6-7-4-2-1-3-5-7/h1-5H,6H2. The average molecular weight is 202 g/mol. The van der Waals surface area contributed by atoms with E-state index in [0.29, 0.717) is 5.56 Å². The highest BCUT2D eigenvalue weighted by Crippen LogP contribution is 2.14. The molecule has 0 heterocycles. The van der Waals surface area contributed by atoms with Crippen molar-refractivity contribution in [3.8, 4) is 0 Å². The van der Waals surface area contributed by atoms with Crippen LogP contribution in [0.25, 0.3) is 0 Å². The molecular formula is C7H7O3PS. The Hall–Kier alpha value is -0.730. The van der Waals surface area contributed by atoms with Crippen molar-refractivity contribution in [2.45, 2.75) is 5.75 Å². The van der Waals surface area contributed by atoms with Crippen LogP contribution in [-0.2, 0) is 19.8 Å². The van der Waals surface area contributed by atoms with Gasteiger partial charge in [-0.15, -0.1) is 0 Å². The van der Waals surface area contributed by atoms with E-state index in [0.717, 1.165) is 0 Å². The van der Waals surface area contributed by atoms with Gasteiger partial charge in [-0.3, -0.25) is 4.57 Å². The summed E-state index contributed by atoms with van der Waals surface area (Å²) in [4.78, 5) is 0. The van der Waals surface area contributed by atoms with Gasteiger partial charge >= 0.3 is 0 Å². The molecule has 0 aliphatic rings. The Bertz CT molecular complexity index is 357. The van der Waals surface area contributed by atoms with Crippen molar-refractivity contribution in [2.24, 2.45) is 0 Å². The molecule has 0 aliphatic carbocycles. The maximum Gasteiger partial charge on any atom is 0.290 e. The van der Waals surface area contributed by atoms with E-state index in [4.69, 9.17) is 0 Å². The molecule has 3 nitrogen and oxygen atoms in total. The fraction of sp³-hybridized carbons (Fsp3) is 0.143. The summed E-state index contributed by atoms with van der Waals surface area (Å²) >= 11 is 0. The Kier molecular flexibility index (Phi) is 2.95. The zero-order valence-corrected chi connectivity index (χ0v) is 7.88. The van der Waals surface area contributed by atoms with Crippen LogP contribution in [0.5, 0.6) is 0 Å². The van der Waals surface area contributed by atoms with Crippen molar-refractivity contribution in [3.63, 3.8) is 0 Å². The lowest BCUT2D eigenvalue weighted by atomic mass is 10.2. The van der Waals surface area contributed by atoms with Gasteiger partial charge in [-0.05, 0) is 5.56 Å². The second-order valence-electron chi connectivity index (χ2n) is 2.29.